The Morgan fingerprint density at radius 3 is 2.36 bits per heavy atom. The molecule has 3 aliphatic heterocycles. The number of hydrogen-bond acceptors (Lipinski definition) is 5. The average Bonchev–Trinajstić information content (AvgIpc) is 3.73. The summed E-state index contributed by atoms with van der Waals surface area (Å²) in [5.74, 6) is 0.183. The van der Waals surface area contributed by atoms with E-state index in [9.17, 15) is 27.9 Å². The number of ether oxygens (including phenoxy) is 1. The van der Waals surface area contributed by atoms with Crippen LogP contribution >= 0.6 is 0 Å². The lowest BCUT2D eigenvalue weighted by molar-refractivity contribution is -0.142. The number of aliphatic carboxylic acids is 1. The van der Waals surface area contributed by atoms with Crippen molar-refractivity contribution in [3.8, 4) is 5.75 Å². The van der Waals surface area contributed by atoms with E-state index in [4.69, 9.17) is 4.74 Å². The van der Waals surface area contributed by atoms with Gasteiger partial charge in [-0.1, -0.05) is 18.2 Å². The summed E-state index contributed by atoms with van der Waals surface area (Å²) in [7, 11) is 1.61. The third-order valence-electron chi connectivity index (χ3n) is 10.2. The number of alkyl halides is 3. The predicted molar refractivity (Wildman–Crippen MR) is 161 cm³/mol. The van der Waals surface area contributed by atoms with E-state index in [1.54, 1.807) is 13.2 Å². The van der Waals surface area contributed by atoms with Crippen molar-refractivity contribution in [1.82, 2.24) is 9.80 Å². The molecule has 0 bridgehead atoms. The fourth-order valence-electron chi connectivity index (χ4n) is 7.48. The van der Waals surface area contributed by atoms with E-state index in [2.05, 4.69) is 4.90 Å². The maximum Gasteiger partial charge on any atom is 0.416 e. The van der Waals surface area contributed by atoms with Gasteiger partial charge in [0.1, 0.15) is 5.75 Å². The van der Waals surface area contributed by atoms with Crippen LogP contribution in [0.25, 0.3) is 0 Å². The number of benzene rings is 2. The van der Waals surface area contributed by atoms with Gasteiger partial charge >= 0.3 is 12.1 Å². The van der Waals surface area contributed by atoms with Crippen molar-refractivity contribution in [2.45, 2.75) is 63.1 Å². The summed E-state index contributed by atoms with van der Waals surface area (Å²) >= 11 is 0. The Balaban J connectivity index is 1.28. The number of halogens is 3. The average molecular weight is 614 g/mol. The Bertz CT molecular complexity index is 1360. The van der Waals surface area contributed by atoms with Gasteiger partial charge < -0.3 is 24.5 Å². The van der Waals surface area contributed by atoms with Crippen LogP contribution in [0.2, 0.25) is 0 Å². The Morgan fingerprint density at radius 1 is 0.932 bits per heavy atom. The lowest BCUT2D eigenvalue weighted by Gasteiger charge is -2.43. The highest BCUT2D eigenvalue weighted by molar-refractivity contribution is 5.80. The van der Waals surface area contributed by atoms with Crippen molar-refractivity contribution >= 4 is 17.6 Å². The first-order chi connectivity index (χ1) is 21.1. The number of anilines is 1. The molecular formula is C34H42F3N3O4. The standard InChI is InChI=1S/C34H42F3N3O4/c1-44-28-4-2-3-25(17-28)30-18-24(12-16-40(30)32(41)26-9-13-38(21-26)20-22-5-6-22)29-8-7-27(34(35,36)37)19-31(29)39-14-10-23(11-15-39)33(42)43/h2-4,7-8,17,19,22-24,26,30H,5-6,9-16,18,20-21H2,1H3,(H,42,43)/t24?,26-,30?/m0/s1. The molecule has 4 aliphatic rings. The normalized spacial score (nSPS) is 25.3. The number of carboxylic acids is 1. The number of carbonyl (C=O) groups excluding carboxylic acids is 1. The summed E-state index contributed by atoms with van der Waals surface area (Å²) in [5, 5.41) is 9.47. The van der Waals surface area contributed by atoms with E-state index in [-0.39, 0.29) is 23.8 Å². The molecule has 4 fully saturated rings. The molecule has 1 N–H and O–H groups in total. The highest BCUT2D eigenvalue weighted by Crippen LogP contribution is 2.46. The lowest BCUT2D eigenvalue weighted by atomic mass is 9.80. The summed E-state index contributed by atoms with van der Waals surface area (Å²) in [6.45, 7) is 4.11. The molecule has 44 heavy (non-hydrogen) atoms. The number of piperidine rings is 2. The number of nitrogens with zero attached hydrogens (tertiary/aromatic N) is 3. The highest BCUT2D eigenvalue weighted by atomic mass is 19.4. The molecule has 3 heterocycles. The van der Waals surface area contributed by atoms with E-state index < -0.39 is 23.6 Å². The summed E-state index contributed by atoms with van der Waals surface area (Å²) in [6.07, 6.45) is 0.948. The molecule has 1 aliphatic carbocycles. The van der Waals surface area contributed by atoms with Crippen LogP contribution in [0.1, 0.15) is 73.6 Å². The molecule has 1 amide bonds. The first-order valence-corrected chi connectivity index (χ1v) is 16.0. The van der Waals surface area contributed by atoms with Gasteiger partial charge in [0, 0.05) is 38.4 Å². The topological polar surface area (TPSA) is 73.3 Å². The monoisotopic (exact) mass is 613 g/mol. The number of methoxy groups -OCH3 is 1. The minimum Gasteiger partial charge on any atom is -0.497 e. The third-order valence-corrected chi connectivity index (χ3v) is 10.2. The van der Waals surface area contributed by atoms with Crippen molar-refractivity contribution in [2.24, 2.45) is 17.8 Å². The molecule has 1 saturated carbocycles. The Hall–Kier alpha value is -3.27. The van der Waals surface area contributed by atoms with Gasteiger partial charge in [-0.05, 0) is 98.7 Å². The van der Waals surface area contributed by atoms with Gasteiger partial charge in [-0.3, -0.25) is 9.59 Å². The molecule has 0 spiro atoms. The van der Waals surface area contributed by atoms with Crippen molar-refractivity contribution < 1.29 is 32.6 Å². The third kappa shape index (κ3) is 6.70. The van der Waals surface area contributed by atoms with Crippen LogP contribution in [0.5, 0.6) is 5.75 Å². The van der Waals surface area contributed by atoms with Crippen molar-refractivity contribution in [1.29, 1.82) is 0 Å². The first-order valence-electron chi connectivity index (χ1n) is 16.0. The van der Waals surface area contributed by atoms with Crippen molar-refractivity contribution in [3.63, 3.8) is 0 Å². The molecule has 2 unspecified atom stereocenters. The van der Waals surface area contributed by atoms with E-state index in [0.29, 0.717) is 56.8 Å². The number of rotatable bonds is 8. The maximum absolute atomic E-state index is 14.1. The van der Waals surface area contributed by atoms with Crippen molar-refractivity contribution in [2.75, 3.05) is 51.3 Å². The molecule has 7 nitrogen and oxygen atoms in total. The van der Waals surface area contributed by atoms with Gasteiger partial charge in [0.25, 0.3) is 0 Å². The van der Waals surface area contributed by atoms with E-state index in [1.165, 1.54) is 18.9 Å². The van der Waals surface area contributed by atoms with Crippen LogP contribution in [0.3, 0.4) is 0 Å². The van der Waals surface area contributed by atoms with E-state index in [0.717, 1.165) is 49.2 Å². The van der Waals surface area contributed by atoms with Gasteiger partial charge in [-0.15, -0.1) is 0 Å². The van der Waals surface area contributed by atoms with E-state index >= 15 is 0 Å². The number of likely N-dealkylation sites (tertiary alicyclic amines) is 2. The predicted octanol–water partition coefficient (Wildman–Crippen LogP) is 6.19. The summed E-state index contributed by atoms with van der Waals surface area (Å²) < 4.78 is 47.1. The Labute approximate surface area is 257 Å². The first kappa shape index (κ1) is 30.7. The molecule has 3 saturated heterocycles. The van der Waals surface area contributed by atoms with Gasteiger partial charge in [0.2, 0.25) is 5.91 Å². The van der Waals surface area contributed by atoms with Gasteiger partial charge in [-0.2, -0.15) is 13.2 Å². The minimum atomic E-state index is -4.49. The molecule has 238 valence electrons. The molecule has 2 aromatic carbocycles. The molecule has 2 aromatic rings. The quantitative estimate of drug-likeness (QED) is 0.383. The second-order valence-electron chi connectivity index (χ2n) is 13.1. The maximum atomic E-state index is 14.1. The number of amides is 1. The second kappa shape index (κ2) is 12.6. The molecule has 6 rings (SSSR count). The minimum absolute atomic E-state index is 0.0458. The van der Waals surface area contributed by atoms with Gasteiger partial charge in [0.15, 0.2) is 0 Å². The Morgan fingerprint density at radius 2 is 1.68 bits per heavy atom. The zero-order chi connectivity index (χ0) is 31.0. The van der Waals surface area contributed by atoms with Gasteiger partial charge in [-0.25, -0.2) is 0 Å². The molecule has 10 heteroatoms. The fourth-order valence-corrected chi connectivity index (χ4v) is 7.48. The number of carboxylic acid groups (broad SMARTS) is 1. The molecule has 3 atom stereocenters. The highest BCUT2D eigenvalue weighted by Gasteiger charge is 2.41. The fraction of sp³-hybridized carbons (Fsp3) is 0.588. The van der Waals surface area contributed by atoms with Gasteiger partial charge in [0.05, 0.1) is 30.6 Å². The van der Waals surface area contributed by atoms with Crippen LogP contribution in [-0.4, -0.2) is 73.2 Å². The van der Waals surface area contributed by atoms with Crippen LogP contribution < -0.4 is 9.64 Å². The van der Waals surface area contributed by atoms with Crippen LogP contribution in [0.15, 0.2) is 42.5 Å². The number of carbonyl (C=O) groups is 2. The largest absolute Gasteiger partial charge is 0.497 e. The van der Waals surface area contributed by atoms with E-state index in [1.807, 2.05) is 34.1 Å². The molecule has 0 radical (unpaired) electrons. The molecular weight excluding hydrogens is 571 g/mol. The SMILES string of the molecule is COc1cccc(C2CC(c3ccc(C(F)(F)F)cc3N3CCC(C(=O)O)CC3)CCN2C(=O)[C@H]2CCN(CC3CC3)C2)c1. The summed E-state index contributed by atoms with van der Waals surface area (Å²) in [4.78, 5) is 32.0. The second-order valence-corrected chi connectivity index (χ2v) is 13.1. The lowest BCUT2D eigenvalue weighted by Crippen LogP contribution is -2.44. The number of hydrogen-bond donors (Lipinski definition) is 1. The van der Waals surface area contributed by atoms with Crippen LogP contribution in [0.4, 0.5) is 18.9 Å². The smallest absolute Gasteiger partial charge is 0.416 e. The zero-order valence-corrected chi connectivity index (χ0v) is 25.3. The Kier molecular flexibility index (Phi) is 8.81. The molecule has 0 aromatic heterocycles. The van der Waals surface area contributed by atoms with Crippen molar-refractivity contribution in [3.05, 3.63) is 59.2 Å². The van der Waals surface area contributed by atoms with Crippen LogP contribution in [0, 0.1) is 17.8 Å². The summed E-state index contributed by atoms with van der Waals surface area (Å²) in [6, 6.07) is 11.5. The van der Waals surface area contributed by atoms with Crippen LogP contribution in [-0.2, 0) is 15.8 Å². The zero-order valence-electron chi connectivity index (χ0n) is 25.3. The summed E-state index contributed by atoms with van der Waals surface area (Å²) in [5.41, 5.74) is 1.63.